The number of hydrogen-bond acceptors (Lipinski definition) is 6. The fourth-order valence-electron chi connectivity index (χ4n) is 4.19. The zero-order valence-electron chi connectivity index (χ0n) is 24.7. The largest absolute Gasteiger partial charge is 0.481 e. The van der Waals surface area contributed by atoms with Crippen LogP contribution in [0.4, 0.5) is 11.4 Å². The molecule has 42 heavy (non-hydrogen) atoms. The maximum atomic E-state index is 13.0. The fraction of sp³-hybridized carbons (Fsp3) is 0.235. The number of hydrogen-bond donors (Lipinski definition) is 2. The van der Waals surface area contributed by atoms with Crippen LogP contribution in [-0.4, -0.2) is 24.0 Å². The lowest BCUT2D eigenvalue weighted by molar-refractivity contribution is -0.122. The van der Waals surface area contributed by atoms with E-state index in [9.17, 15) is 9.59 Å². The molecule has 6 nitrogen and oxygen atoms in total. The molecule has 0 bridgehead atoms. The van der Waals surface area contributed by atoms with Crippen LogP contribution >= 0.6 is 21.6 Å². The molecule has 8 heteroatoms. The quantitative estimate of drug-likeness (QED) is 0.168. The van der Waals surface area contributed by atoms with E-state index >= 15 is 0 Å². The molecule has 4 aromatic rings. The first-order valence-electron chi connectivity index (χ1n) is 13.7. The highest BCUT2D eigenvalue weighted by molar-refractivity contribution is 8.76. The lowest BCUT2D eigenvalue weighted by Crippen LogP contribution is -2.30. The van der Waals surface area contributed by atoms with Crippen LogP contribution in [0.15, 0.2) is 94.7 Å². The summed E-state index contributed by atoms with van der Waals surface area (Å²) in [5, 5.41) is 6.01. The summed E-state index contributed by atoms with van der Waals surface area (Å²) in [5.41, 5.74) is 5.63. The smallest absolute Gasteiger partial charge is 0.265 e. The minimum Gasteiger partial charge on any atom is -0.481 e. The third-order valence-corrected chi connectivity index (χ3v) is 9.00. The molecule has 2 unspecified atom stereocenters. The van der Waals surface area contributed by atoms with E-state index in [2.05, 4.69) is 10.6 Å². The number of ether oxygens (including phenoxy) is 2. The van der Waals surface area contributed by atoms with E-state index in [1.54, 1.807) is 13.8 Å². The molecule has 0 spiro atoms. The number of carbonyl (C=O) groups is 2. The summed E-state index contributed by atoms with van der Waals surface area (Å²) < 4.78 is 11.9. The Morgan fingerprint density at radius 1 is 0.595 bits per heavy atom. The van der Waals surface area contributed by atoms with Gasteiger partial charge in [-0.25, -0.2) is 0 Å². The van der Waals surface area contributed by atoms with Crippen LogP contribution < -0.4 is 20.1 Å². The molecule has 2 N–H and O–H groups in total. The van der Waals surface area contributed by atoms with Crippen molar-refractivity contribution in [3.63, 3.8) is 0 Å². The molecule has 218 valence electrons. The van der Waals surface area contributed by atoms with Gasteiger partial charge in [0.25, 0.3) is 11.8 Å². The van der Waals surface area contributed by atoms with E-state index in [1.165, 1.54) is 21.6 Å². The Morgan fingerprint density at radius 2 is 0.976 bits per heavy atom. The van der Waals surface area contributed by atoms with Crippen LogP contribution in [0.2, 0.25) is 0 Å². The zero-order valence-corrected chi connectivity index (χ0v) is 26.3. The molecular weight excluding hydrogens is 565 g/mol. The van der Waals surface area contributed by atoms with Gasteiger partial charge in [-0.2, -0.15) is 0 Å². The molecule has 0 aliphatic rings. The molecule has 0 aromatic heterocycles. The van der Waals surface area contributed by atoms with Gasteiger partial charge < -0.3 is 20.1 Å². The topological polar surface area (TPSA) is 76.7 Å². The Kier molecular flexibility index (Phi) is 10.6. The Labute approximate surface area is 256 Å². The van der Waals surface area contributed by atoms with E-state index in [0.29, 0.717) is 22.9 Å². The molecule has 2 atom stereocenters. The first-order valence-corrected chi connectivity index (χ1v) is 15.9. The van der Waals surface area contributed by atoms with Crippen LogP contribution in [0.5, 0.6) is 11.5 Å². The van der Waals surface area contributed by atoms with Crippen molar-refractivity contribution in [3.05, 3.63) is 107 Å². The van der Waals surface area contributed by atoms with E-state index < -0.39 is 12.2 Å². The molecule has 4 rings (SSSR count). The molecule has 0 saturated carbocycles. The summed E-state index contributed by atoms with van der Waals surface area (Å²) in [5.74, 6) is 0.902. The predicted molar refractivity (Wildman–Crippen MR) is 174 cm³/mol. The summed E-state index contributed by atoms with van der Waals surface area (Å²) in [6.07, 6.45) is -1.36. The van der Waals surface area contributed by atoms with Crippen molar-refractivity contribution in [1.29, 1.82) is 0 Å². The van der Waals surface area contributed by atoms with E-state index in [-0.39, 0.29) is 11.8 Å². The molecule has 0 aliphatic heterocycles. The van der Waals surface area contributed by atoms with Gasteiger partial charge in [0.2, 0.25) is 0 Å². The zero-order chi connectivity index (χ0) is 30.2. The highest BCUT2D eigenvalue weighted by Crippen LogP contribution is 2.43. The van der Waals surface area contributed by atoms with Crippen molar-refractivity contribution in [2.75, 3.05) is 10.6 Å². The summed E-state index contributed by atoms with van der Waals surface area (Å²) in [7, 11) is 2.99. The van der Waals surface area contributed by atoms with Crippen LogP contribution in [0, 0.1) is 27.7 Å². The molecule has 0 aliphatic carbocycles. The Bertz CT molecular complexity index is 1460. The van der Waals surface area contributed by atoms with Crippen molar-refractivity contribution in [1.82, 2.24) is 0 Å². The second kappa shape index (κ2) is 14.3. The number of amides is 2. The first-order chi connectivity index (χ1) is 20.1. The van der Waals surface area contributed by atoms with Gasteiger partial charge in [0.05, 0.1) is 11.4 Å². The van der Waals surface area contributed by atoms with Gasteiger partial charge in [-0.1, -0.05) is 81.2 Å². The monoisotopic (exact) mass is 600 g/mol. The number of anilines is 2. The Hall–Kier alpha value is -3.88. The standard InChI is InChI=1S/C34H36N2O4S2/c1-21-15-17-29(23(3)19-21)39-25(5)33(37)35-27-11-7-9-13-31(27)41-42-32-14-10-8-12-28(32)36-34(38)26(6)40-30-18-16-22(2)20-24(30)4/h7-20,25-26H,1-6H3,(H,35,37)(H,36,38). The van der Waals surface area contributed by atoms with Crippen LogP contribution in [0.1, 0.15) is 36.1 Å². The summed E-state index contributed by atoms with van der Waals surface area (Å²) >= 11 is 0. The van der Waals surface area contributed by atoms with Gasteiger partial charge in [0.1, 0.15) is 11.5 Å². The van der Waals surface area contributed by atoms with Gasteiger partial charge in [-0.15, -0.1) is 0 Å². The van der Waals surface area contributed by atoms with Crippen molar-refractivity contribution in [2.45, 2.75) is 63.5 Å². The third-order valence-electron chi connectivity index (χ3n) is 6.52. The number of rotatable bonds is 11. The number of carbonyl (C=O) groups excluding carboxylic acids is 2. The maximum Gasteiger partial charge on any atom is 0.265 e. The Balaban J connectivity index is 1.39. The lowest BCUT2D eigenvalue weighted by atomic mass is 10.1. The lowest BCUT2D eigenvalue weighted by Gasteiger charge is -2.18. The maximum absolute atomic E-state index is 13.0. The van der Waals surface area contributed by atoms with Crippen LogP contribution in [0.3, 0.4) is 0 Å². The predicted octanol–water partition coefficient (Wildman–Crippen LogP) is 8.53. The van der Waals surface area contributed by atoms with Crippen molar-refractivity contribution >= 4 is 44.8 Å². The summed E-state index contributed by atoms with van der Waals surface area (Å²) in [6.45, 7) is 11.5. The van der Waals surface area contributed by atoms with Crippen LogP contribution in [0.25, 0.3) is 0 Å². The molecule has 0 radical (unpaired) electrons. The minimum absolute atomic E-state index is 0.238. The first kappa shape index (κ1) is 31.1. The molecule has 2 amide bonds. The fourth-order valence-corrected chi connectivity index (χ4v) is 6.47. The molecule has 4 aromatic carbocycles. The number of aryl methyl sites for hydroxylation is 4. The molecule has 0 heterocycles. The highest BCUT2D eigenvalue weighted by Gasteiger charge is 2.19. The van der Waals surface area contributed by atoms with Crippen molar-refractivity contribution < 1.29 is 19.1 Å². The van der Waals surface area contributed by atoms with Crippen LogP contribution in [-0.2, 0) is 9.59 Å². The number of nitrogens with one attached hydrogen (secondary N) is 2. The molecular formula is C34H36N2O4S2. The average Bonchev–Trinajstić information content (AvgIpc) is 2.96. The molecule has 0 fully saturated rings. The van der Waals surface area contributed by atoms with Gasteiger partial charge in [-0.05, 0) is 89.1 Å². The van der Waals surface area contributed by atoms with Gasteiger partial charge in [-0.3, -0.25) is 9.59 Å². The van der Waals surface area contributed by atoms with Crippen molar-refractivity contribution in [3.8, 4) is 11.5 Å². The summed E-state index contributed by atoms with van der Waals surface area (Å²) in [4.78, 5) is 27.8. The normalized spacial score (nSPS) is 12.2. The number of para-hydroxylation sites is 2. The third kappa shape index (κ3) is 8.33. The molecule has 0 saturated heterocycles. The second-order valence-corrected chi connectivity index (χ2v) is 12.4. The minimum atomic E-state index is -0.680. The van der Waals surface area contributed by atoms with Gasteiger partial charge >= 0.3 is 0 Å². The van der Waals surface area contributed by atoms with Gasteiger partial charge in [0.15, 0.2) is 12.2 Å². The second-order valence-electron chi connectivity index (χ2n) is 10.2. The van der Waals surface area contributed by atoms with E-state index in [4.69, 9.17) is 9.47 Å². The van der Waals surface area contributed by atoms with Crippen molar-refractivity contribution in [2.24, 2.45) is 0 Å². The summed E-state index contributed by atoms with van der Waals surface area (Å²) in [6, 6.07) is 27.0. The number of benzene rings is 4. The highest BCUT2D eigenvalue weighted by atomic mass is 33.1. The van der Waals surface area contributed by atoms with E-state index in [1.807, 2.05) is 113 Å². The Morgan fingerprint density at radius 3 is 1.36 bits per heavy atom. The SMILES string of the molecule is Cc1ccc(OC(C)C(=O)Nc2ccccc2SSc2ccccc2NC(=O)C(C)Oc2ccc(C)cc2C)c(C)c1. The average molecular weight is 601 g/mol. The van der Waals surface area contributed by atoms with E-state index in [0.717, 1.165) is 32.0 Å². The van der Waals surface area contributed by atoms with Gasteiger partial charge in [0, 0.05) is 9.79 Å².